The molecule has 0 spiro atoms. The normalized spacial score (nSPS) is 10.5. The van der Waals surface area contributed by atoms with E-state index in [4.69, 9.17) is 9.47 Å². The Balaban J connectivity index is 1.64. The molecule has 0 aliphatic heterocycles. The Morgan fingerprint density at radius 3 is 2.65 bits per heavy atom. The van der Waals surface area contributed by atoms with E-state index in [0.717, 1.165) is 20.1 Å². The van der Waals surface area contributed by atoms with Gasteiger partial charge in [0.05, 0.1) is 35.0 Å². The van der Waals surface area contributed by atoms with Crippen molar-refractivity contribution in [3.8, 4) is 17.6 Å². The van der Waals surface area contributed by atoms with Crippen molar-refractivity contribution in [1.82, 2.24) is 5.43 Å². The second-order valence-electron chi connectivity index (χ2n) is 6.29. The van der Waals surface area contributed by atoms with Gasteiger partial charge in [-0.25, -0.2) is 5.43 Å². The number of amides is 1. The molecule has 0 aliphatic carbocycles. The van der Waals surface area contributed by atoms with Crippen molar-refractivity contribution in [3.05, 3.63) is 91.9 Å². The molecule has 3 aromatic carbocycles. The van der Waals surface area contributed by atoms with Gasteiger partial charge in [-0.15, -0.1) is 0 Å². The van der Waals surface area contributed by atoms with E-state index in [9.17, 15) is 10.1 Å². The molecule has 8 heteroatoms. The SMILES string of the molecule is COc1ccc(Br)cc1C(=O)N/N=C\c1ccc(OCc2ccccc2C#N)c(Br)c1. The molecule has 3 aromatic rings. The number of hydrazone groups is 1. The maximum Gasteiger partial charge on any atom is 0.275 e. The topological polar surface area (TPSA) is 83.7 Å². The van der Waals surface area contributed by atoms with Gasteiger partial charge in [0.2, 0.25) is 0 Å². The Morgan fingerprint density at radius 2 is 1.90 bits per heavy atom. The molecule has 0 bridgehead atoms. The molecule has 0 heterocycles. The van der Waals surface area contributed by atoms with Crippen LogP contribution in [0.4, 0.5) is 0 Å². The van der Waals surface area contributed by atoms with Crippen molar-refractivity contribution in [3.63, 3.8) is 0 Å². The van der Waals surface area contributed by atoms with Gasteiger partial charge in [-0.3, -0.25) is 4.79 Å². The van der Waals surface area contributed by atoms with Crippen LogP contribution in [0, 0.1) is 11.3 Å². The van der Waals surface area contributed by atoms with Gasteiger partial charge in [-0.2, -0.15) is 10.4 Å². The van der Waals surface area contributed by atoms with Crippen LogP contribution in [-0.2, 0) is 6.61 Å². The predicted octanol–water partition coefficient (Wildman–Crippen LogP) is 5.43. The van der Waals surface area contributed by atoms with Crippen molar-refractivity contribution >= 4 is 44.0 Å². The van der Waals surface area contributed by atoms with Gasteiger partial charge in [0, 0.05) is 10.0 Å². The first-order chi connectivity index (χ1) is 15.0. The van der Waals surface area contributed by atoms with Crippen LogP contribution >= 0.6 is 31.9 Å². The second-order valence-corrected chi connectivity index (χ2v) is 8.06. The third kappa shape index (κ3) is 5.94. The molecule has 156 valence electrons. The zero-order valence-corrected chi connectivity index (χ0v) is 19.6. The predicted molar refractivity (Wildman–Crippen MR) is 125 cm³/mol. The maximum absolute atomic E-state index is 12.4. The fourth-order valence-corrected chi connectivity index (χ4v) is 3.58. The van der Waals surface area contributed by atoms with Gasteiger partial charge in [-0.05, 0) is 64.0 Å². The average Bonchev–Trinajstić information content (AvgIpc) is 2.78. The smallest absolute Gasteiger partial charge is 0.275 e. The summed E-state index contributed by atoms with van der Waals surface area (Å²) in [6.07, 6.45) is 1.53. The zero-order valence-electron chi connectivity index (χ0n) is 16.4. The minimum Gasteiger partial charge on any atom is -0.496 e. The summed E-state index contributed by atoms with van der Waals surface area (Å²) in [7, 11) is 1.50. The number of rotatable bonds is 7. The van der Waals surface area contributed by atoms with Crippen LogP contribution in [-0.4, -0.2) is 19.2 Å². The number of benzene rings is 3. The number of halogens is 2. The van der Waals surface area contributed by atoms with Crippen molar-refractivity contribution in [2.45, 2.75) is 6.61 Å². The van der Waals surface area contributed by atoms with Crippen LogP contribution in [0.3, 0.4) is 0 Å². The summed E-state index contributed by atoms with van der Waals surface area (Å²) in [5, 5.41) is 13.2. The van der Waals surface area contributed by atoms with E-state index in [0.29, 0.717) is 22.6 Å². The number of nitriles is 1. The fraction of sp³-hybridized carbons (Fsp3) is 0.0870. The summed E-state index contributed by atoms with van der Waals surface area (Å²) in [5.74, 6) is 0.704. The van der Waals surface area contributed by atoms with Crippen LogP contribution in [0.25, 0.3) is 0 Å². The second kappa shape index (κ2) is 10.8. The molecule has 31 heavy (non-hydrogen) atoms. The molecule has 0 unspecified atom stereocenters. The van der Waals surface area contributed by atoms with Gasteiger partial charge in [0.1, 0.15) is 18.1 Å². The monoisotopic (exact) mass is 541 g/mol. The molecule has 3 rings (SSSR count). The molecular formula is C23H17Br2N3O3. The Kier molecular flexibility index (Phi) is 7.82. The minimum absolute atomic E-state index is 0.278. The number of ether oxygens (including phenoxy) is 2. The van der Waals surface area contributed by atoms with Gasteiger partial charge in [-0.1, -0.05) is 34.1 Å². The van der Waals surface area contributed by atoms with Gasteiger partial charge >= 0.3 is 0 Å². The van der Waals surface area contributed by atoms with Gasteiger partial charge in [0.25, 0.3) is 5.91 Å². The summed E-state index contributed by atoms with van der Waals surface area (Å²) in [6.45, 7) is 0.278. The minimum atomic E-state index is -0.385. The summed E-state index contributed by atoms with van der Waals surface area (Å²) in [4.78, 5) is 12.4. The van der Waals surface area contributed by atoms with Crippen molar-refractivity contribution < 1.29 is 14.3 Å². The molecule has 0 aliphatic rings. The molecule has 1 amide bonds. The molecule has 0 fully saturated rings. The highest BCUT2D eigenvalue weighted by molar-refractivity contribution is 9.10. The summed E-state index contributed by atoms with van der Waals surface area (Å²) in [6, 6.07) is 20.0. The summed E-state index contributed by atoms with van der Waals surface area (Å²) < 4.78 is 12.5. The van der Waals surface area contributed by atoms with E-state index in [-0.39, 0.29) is 12.5 Å². The Hall–Kier alpha value is -3.15. The quantitative estimate of drug-likeness (QED) is 0.318. The number of carbonyl (C=O) groups is 1. The first kappa shape index (κ1) is 22.5. The van der Waals surface area contributed by atoms with Crippen LogP contribution in [0.2, 0.25) is 0 Å². The van der Waals surface area contributed by atoms with Crippen molar-refractivity contribution in [2.24, 2.45) is 5.10 Å². The molecule has 0 aromatic heterocycles. The largest absolute Gasteiger partial charge is 0.496 e. The third-order valence-corrected chi connectivity index (χ3v) is 5.38. The van der Waals surface area contributed by atoms with E-state index in [1.807, 2.05) is 30.3 Å². The van der Waals surface area contributed by atoms with Crippen LogP contribution in [0.15, 0.2) is 74.7 Å². The molecule has 1 N–H and O–H groups in total. The zero-order chi connectivity index (χ0) is 22.2. The molecule has 0 radical (unpaired) electrons. The van der Waals surface area contributed by atoms with E-state index in [1.54, 1.807) is 30.3 Å². The Labute approximate surface area is 196 Å². The molecule has 0 atom stereocenters. The highest BCUT2D eigenvalue weighted by atomic mass is 79.9. The van der Waals surface area contributed by atoms with Gasteiger partial charge in [0.15, 0.2) is 0 Å². The standard InChI is InChI=1S/C23H17Br2N3O3/c1-30-21-9-7-18(24)11-19(21)23(29)28-27-13-15-6-8-22(20(25)10-15)31-14-17-5-3-2-4-16(17)12-26/h2-11,13H,14H2,1H3,(H,28,29)/b27-13-. The number of methoxy groups -OCH3 is 1. The Bertz CT molecular complexity index is 1170. The lowest BCUT2D eigenvalue weighted by atomic mass is 10.1. The highest BCUT2D eigenvalue weighted by Gasteiger charge is 2.12. The van der Waals surface area contributed by atoms with E-state index >= 15 is 0 Å². The lowest BCUT2D eigenvalue weighted by Gasteiger charge is -2.10. The number of nitrogens with one attached hydrogen (secondary N) is 1. The van der Waals surface area contributed by atoms with E-state index in [1.165, 1.54) is 13.3 Å². The summed E-state index contributed by atoms with van der Waals surface area (Å²) >= 11 is 6.82. The van der Waals surface area contributed by atoms with Crippen molar-refractivity contribution in [1.29, 1.82) is 5.26 Å². The number of nitrogens with zero attached hydrogens (tertiary/aromatic N) is 2. The van der Waals surface area contributed by atoms with E-state index < -0.39 is 0 Å². The average molecular weight is 543 g/mol. The van der Waals surface area contributed by atoms with Gasteiger partial charge < -0.3 is 9.47 Å². The number of hydrogen-bond acceptors (Lipinski definition) is 5. The van der Waals surface area contributed by atoms with Crippen LogP contribution in [0.1, 0.15) is 27.0 Å². The fourth-order valence-electron chi connectivity index (χ4n) is 2.71. The maximum atomic E-state index is 12.4. The first-order valence-electron chi connectivity index (χ1n) is 9.09. The highest BCUT2D eigenvalue weighted by Crippen LogP contribution is 2.27. The first-order valence-corrected chi connectivity index (χ1v) is 10.7. The molecule has 0 saturated carbocycles. The van der Waals surface area contributed by atoms with E-state index in [2.05, 4.69) is 48.5 Å². The lowest BCUT2D eigenvalue weighted by Crippen LogP contribution is -2.18. The van der Waals surface area contributed by atoms with Crippen LogP contribution < -0.4 is 14.9 Å². The Morgan fingerprint density at radius 1 is 1.13 bits per heavy atom. The number of hydrogen-bond donors (Lipinski definition) is 1. The third-order valence-electron chi connectivity index (χ3n) is 4.26. The van der Waals surface area contributed by atoms with Crippen molar-refractivity contribution in [2.75, 3.05) is 7.11 Å². The molecule has 0 saturated heterocycles. The molecular weight excluding hydrogens is 526 g/mol. The van der Waals surface area contributed by atoms with Crippen LogP contribution in [0.5, 0.6) is 11.5 Å². The molecule has 6 nitrogen and oxygen atoms in total. The summed E-state index contributed by atoms with van der Waals surface area (Å²) in [5.41, 5.74) is 5.03. The lowest BCUT2D eigenvalue weighted by molar-refractivity contribution is 0.0952. The number of carbonyl (C=O) groups excluding carboxylic acids is 1.